The minimum atomic E-state index is -0.875. The Morgan fingerprint density at radius 3 is 2.53 bits per heavy atom. The molecule has 0 aromatic heterocycles. The Labute approximate surface area is 118 Å². The van der Waals surface area contributed by atoms with Crippen molar-refractivity contribution in [3.63, 3.8) is 0 Å². The predicted molar refractivity (Wildman–Crippen MR) is 78.8 cm³/mol. The molecule has 0 aromatic rings. The molecule has 1 rings (SSSR count). The van der Waals surface area contributed by atoms with E-state index in [1.165, 1.54) is 19.3 Å². The number of rotatable bonds is 5. The summed E-state index contributed by atoms with van der Waals surface area (Å²) in [5.41, 5.74) is 0.347. The highest BCUT2D eigenvalue weighted by Gasteiger charge is 2.33. The summed E-state index contributed by atoms with van der Waals surface area (Å²) >= 11 is 0. The van der Waals surface area contributed by atoms with Crippen LogP contribution in [0, 0.1) is 17.3 Å². The lowest BCUT2D eigenvalue weighted by atomic mass is 9.68. The summed E-state index contributed by atoms with van der Waals surface area (Å²) in [5, 5.41) is 12.8. The van der Waals surface area contributed by atoms with Gasteiger partial charge in [-0.25, -0.2) is 0 Å². The molecule has 1 aliphatic carbocycles. The lowest BCUT2D eigenvalue weighted by Crippen LogP contribution is -2.46. The van der Waals surface area contributed by atoms with E-state index in [9.17, 15) is 9.90 Å². The minimum absolute atomic E-state index is 0.0218. The van der Waals surface area contributed by atoms with Crippen molar-refractivity contribution in [2.75, 3.05) is 0 Å². The lowest BCUT2D eigenvalue weighted by molar-refractivity contribution is -0.132. The molecule has 3 nitrogen and oxygen atoms in total. The standard InChI is InChI=1S/C16H31NO2/c1-6-16(4,5)12-8-7-9-13(10-12)17-15(19)14(18)11(2)3/h11-14,18H,6-10H2,1-5H3,(H,17,19)/t12-,13+,14+/m1/s1. The number of carbonyl (C=O) groups excluding carboxylic acids is 1. The summed E-state index contributed by atoms with van der Waals surface area (Å²) in [6.07, 6.45) is 4.84. The number of hydrogen-bond donors (Lipinski definition) is 2. The Morgan fingerprint density at radius 1 is 1.37 bits per heavy atom. The minimum Gasteiger partial charge on any atom is -0.383 e. The van der Waals surface area contributed by atoms with E-state index in [1.54, 1.807) is 0 Å². The van der Waals surface area contributed by atoms with E-state index in [2.05, 4.69) is 26.1 Å². The van der Waals surface area contributed by atoms with Crippen LogP contribution in [0.5, 0.6) is 0 Å². The molecule has 0 aliphatic heterocycles. The van der Waals surface area contributed by atoms with Crippen LogP contribution in [0.15, 0.2) is 0 Å². The summed E-state index contributed by atoms with van der Waals surface area (Å²) in [6, 6.07) is 0.241. The second kappa shape index (κ2) is 6.74. The van der Waals surface area contributed by atoms with Crippen molar-refractivity contribution >= 4 is 5.91 Å². The van der Waals surface area contributed by atoms with Crippen LogP contribution in [0.4, 0.5) is 0 Å². The normalized spacial score (nSPS) is 26.3. The summed E-state index contributed by atoms with van der Waals surface area (Å²) in [7, 11) is 0. The van der Waals surface area contributed by atoms with Gasteiger partial charge in [-0.1, -0.05) is 47.5 Å². The van der Waals surface area contributed by atoms with Gasteiger partial charge in [0, 0.05) is 6.04 Å². The molecule has 19 heavy (non-hydrogen) atoms. The second-order valence-electron chi connectivity index (χ2n) is 7.10. The Bertz CT molecular complexity index is 299. The van der Waals surface area contributed by atoms with Crippen LogP contribution in [0.25, 0.3) is 0 Å². The third-order valence-corrected chi connectivity index (χ3v) is 4.94. The predicted octanol–water partition coefficient (Wildman–Crippen LogP) is 3.11. The van der Waals surface area contributed by atoms with Crippen molar-refractivity contribution in [2.24, 2.45) is 17.3 Å². The van der Waals surface area contributed by atoms with Gasteiger partial charge in [-0.05, 0) is 36.5 Å². The molecule has 0 saturated heterocycles. The lowest BCUT2D eigenvalue weighted by Gasteiger charge is -2.40. The average molecular weight is 269 g/mol. The Balaban J connectivity index is 2.54. The van der Waals surface area contributed by atoms with Crippen LogP contribution in [0.2, 0.25) is 0 Å². The summed E-state index contributed by atoms with van der Waals surface area (Å²) in [6.45, 7) is 10.6. The van der Waals surface area contributed by atoms with Crippen LogP contribution in [-0.4, -0.2) is 23.2 Å². The molecule has 1 aliphatic rings. The molecule has 0 spiro atoms. The highest BCUT2D eigenvalue weighted by Crippen LogP contribution is 2.40. The van der Waals surface area contributed by atoms with Crippen molar-refractivity contribution in [3.8, 4) is 0 Å². The van der Waals surface area contributed by atoms with Crippen molar-refractivity contribution in [1.29, 1.82) is 0 Å². The monoisotopic (exact) mass is 269 g/mol. The van der Waals surface area contributed by atoms with Gasteiger partial charge in [0.25, 0.3) is 0 Å². The molecule has 112 valence electrons. The van der Waals surface area contributed by atoms with E-state index >= 15 is 0 Å². The van der Waals surface area contributed by atoms with Crippen LogP contribution in [-0.2, 0) is 4.79 Å². The van der Waals surface area contributed by atoms with Gasteiger partial charge in [0.05, 0.1) is 0 Å². The smallest absolute Gasteiger partial charge is 0.249 e. The topological polar surface area (TPSA) is 49.3 Å². The van der Waals surface area contributed by atoms with E-state index in [-0.39, 0.29) is 17.9 Å². The first-order chi connectivity index (χ1) is 8.77. The van der Waals surface area contributed by atoms with Gasteiger partial charge in [0.15, 0.2) is 0 Å². The molecule has 0 radical (unpaired) electrons. The fourth-order valence-corrected chi connectivity index (χ4v) is 2.91. The molecular weight excluding hydrogens is 238 g/mol. The maximum absolute atomic E-state index is 11.9. The molecule has 1 fully saturated rings. The molecule has 0 unspecified atom stereocenters. The summed E-state index contributed by atoms with van der Waals surface area (Å²) < 4.78 is 0. The van der Waals surface area contributed by atoms with Crippen molar-refractivity contribution in [2.45, 2.75) is 78.9 Å². The number of aliphatic hydroxyl groups is 1. The van der Waals surface area contributed by atoms with Gasteiger partial charge < -0.3 is 10.4 Å². The van der Waals surface area contributed by atoms with Gasteiger partial charge in [0.2, 0.25) is 5.91 Å². The van der Waals surface area contributed by atoms with E-state index < -0.39 is 6.10 Å². The highest BCUT2D eigenvalue weighted by molar-refractivity contribution is 5.81. The molecule has 0 aromatic carbocycles. The zero-order chi connectivity index (χ0) is 14.6. The Hall–Kier alpha value is -0.570. The first-order valence-corrected chi connectivity index (χ1v) is 7.76. The molecule has 2 N–H and O–H groups in total. The fourth-order valence-electron chi connectivity index (χ4n) is 2.91. The zero-order valence-corrected chi connectivity index (χ0v) is 13.2. The second-order valence-corrected chi connectivity index (χ2v) is 7.10. The maximum Gasteiger partial charge on any atom is 0.249 e. The first-order valence-electron chi connectivity index (χ1n) is 7.76. The average Bonchev–Trinajstić information content (AvgIpc) is 2.37. The van der Waals surface area contributed by atoms with Gasteiger partial charge >= 0.3 is 0 Å². The molecule has 1 amide bonds. The SMILES string of the molecule is CCC(C)(C)[C@@H]1CCC[C@H](NC(=O)[C@@H](O)C(C)C)C1. The fraction of sp³-hybridized carbons (Fsp3) is 0.938. The third kappa shape index (κ3) is 4.48. The van der Waals surface area contributed by atoms with E-state index in [1.807, 2.05) is 13.8 Å². The molecule has 1 saturated carbocycles. The van der Waals surface area contributed by atoms with E-state index in [0.29, 0.717) is 11.3 Å². The van der Waals surface area contributed by atoms with Crippen molar-refractivity contribution in [1.82, 2.24) is 5.32 Å². The molecule has 3 atom stereocenters. The quantitative estimate of drug-likeness (QED) is 0.805. The number of carbonyl (C=O) groups is 1. The van der Waals surface area contributed by atoms with Crippen molar-refractivity contribution in [3.05, 3.63) is 0 Å². The largest absolute Gasteiger partial charge is 0.383 e. The molecular formula is C16H31NO2. The number of nitrogens with one attached hydrogen (secondary N) is 1. The van der Waals surface area contributed by atoms with Gasteiger partial charge in [-0.15, -0.1) is 0 Å². The molecule has 0 heterocycles. The molecule has 0 bridgehead atoms. The van der Waals surface area contributed by atoms with E-state index in [4.69, 9.17) is 0 Å². The van der Waals surface area contributed by atoms with Gasteiger partial charge in [-0.3, -0.25) is 4.79 Å². The van der Waals surface area contributed by atoms with Gasteiger partial charge in [-0.2, -0.15) is 0 Å². The van der Waals surface area contributed by atoms with Crippen LogP contribution in [0.1, 0.15) is 66.7 Å². The Kier molecular flexibility index (Phi) is 5.84. The number of aliphatic hydroxyl groups excluding tert-OH is 1. The number of hydrogen-bond acceptors (Lipinski definition) is 2. The Morgan fingerprint density at radius 2 is 2.00 bits per heavy atom. The van der Waals surface area contributed by atoms with Crippen LogP contribution >= 0.6 is 0 Å². The maximum atomic E-state index is 11.9. The first kappa shape index (κ1) is 16.5. The van der Waals surface area contributed by atoms with E-state index in [0.717, 1.165) is 12.8 Å². The highest BCUT2D eigenvalue weighted by atomic mass is 16.3. The summed E-state index contributed by atoms with van der Waals surface area (Å²) in [5.74, 6) is 0.453. The molecule has 3 heteroatoms. The number of amides is 1. The van der Waals surface area contributed by atoms with Crippen molar-refractivity contribution < 1.29 is 9.90 Å². The van der Waals surface area contributed by atoms with Crippen LogP contribution in [0.3, 0.4) is 0 Å². The van der Waals surface area contributed by atoms with Gasteiger partial charge in [0.1, 0.15) is 6.10 Å². The van der Waals surface area contributed by atoms with Crippen LogP contribution < -0.4 is 5.32 Å². The zero-order valence-electron chi connectivity index (χ0n) is 13.2. The third-order valence-electron chi connectivity index (χ3n) is 4.94. The summed E-state index contributed by atoms with van der Waals surface area (Å²) in [4.78, 5) is 11.9.